The third kappa shape index (κ3) is 2.39. The Morgan fingerprint density at radius 2 is 1.82 bits per heavy atom. The molecule has 0 aliphatic carbocycles. The first-order valence-electron chi connectivity index (χ1n) is 6.84. The predicted octanol–water partition coefficient (Wildman–Crippen LogP) is 4.19. The van der Waals surface area contributed by atoms with Crippen LogP contribution in [0.25, 0.3) is 10.9 Å². The summed E-state index contributed by atoms with van der Waals surface area (Å²) < 4.78 is 5.94. The van der Waals surface area contributed by atoms with Crippen molar-refractivity contribution in [3.8, 4) is 11.5 Å². The van der Waals surface area contributed by atoms with E-state index >= 15 is 0 Å². The van der Waals surface area contributed by atoms with E-state index in [1.54, 1.807) is 13.8 Å². The van der Waals surface area contributed by atoms with Crippen LogP contribution in [0, 0.1) is 30.9 Å². The molecule has 0 amide bonds. The van der Waals surface area contributed by atoms with Crippen LogP contribution in [0.15, 0.2) is 30.3 Å². The van der Waals surface area contributed by atoms with Gasteiger partial charge in [-0.3, -0.25) is 15.2 Å². The number of hydrogen-bond donors (Lipinski definition) is 1. The van der Waals surface area contributed by atoms with Crippen LogP contribution in [0.3, 0.4) is 0 Å². The molecule has 6 heteroatoms. The topological polar surface area (TPSA) is 81.1 Å². The van der Waals surface area contributed by atoms with E-state index in [-0.39, 0.29) is 5.69 Å². The van der Waals surface area contributed by atoms with Crippen molar-refractivity contribution in [1.82, 2.24) is 10.2 Å². The van der Waals surface area contributed by atoms with E-state index in [1.165, 1.54) is 12.1 Å². The lowest BCUT2D eigenvalue weighted by Gasteiger charge is -2.11. The van der Waals surface area contributed by atoms with E-state index in [9.17, 15) is 10.1 Å². The van der Waals surface area contributed by atoms with Crippen molar-refractivity contribution in [3.05, 3.63) is 57.3 Å². The van der Waals surface area contributed by atoms with Gasteiger partial charge in [-0.15, -0.1) is 0 Å². The van der Waals surface area contributed by atoms with E-state index in [0.717, 1.165) is 27.7 Å². The zero-order valence-electron chi connectivity index (χ0n) is 12.5. The van der Waals surface area contributed by atoms with Crippen LogP contribution in [0.2, 0.25) is 0 Å². The fraction of sp³-hybridized carbons (Fsp3) is 0.188. The lowest BCUT2D eigenvalue weighted by atomic mass is 10.1. The molecule has 22 heavy (non-hydrogen) atoms. The number of aromatic nitrogens is 2. The largest absolute Gasteiger partial charge is 0.457 e. The highest BCUT2D eigenvalue weighted by Gasteiger charge is 2.14. The summed E-state index contributed by atoms with van der Waals surface area (Å²) in [4.78, 5) is 10.5. The van der Waals surface area contributed by atoms with Crippen LogP contribution in [0.5, 0.6) is 11.5 Å². The zero-order valence-corrected chi connectivity index (χ0v) is 12.5. The fourth-order valence-electron chi connectivity index (χ4n) is 2.49. The monoisotopic (exact) mass is 297 g/mol. The van der Waals surface area contributed by atoms with Gasteiger partial charge in [-0.25, -0.2) is 0 Å². The van der Waals surface area contributed by atoms with Gasteiger partial charge in [-0.05, 0) is 50.1 Å². The Labute approximate surface area is 126 Å². The summed E-state index contributed by atoms with van der Waals surface area (Å²) in [5.74, 6) is 1.32. The Morgan fingerprint density at radius 3 is 2.45 bits per heavy atom. The maximum absolute atomic E-state index is 10.9. The molecule has 1 aromatic heterocycles. The second-order valence-electron chi connectivity index (χ2n) is 5.30. The number of rotatable bonds is 3. The standard InChI is InChI=1S/C16H15N3O3/c1-9-6-12(19(20)21)7-10(2)16(9)22-13-4-5-15-14(8-13)11(3)17-18-15/h4-8H,1-3H3,(H,17,18). The van der Waals surface area contributed by atoms with Crippen LogP contribution in [-0.2, 0) is 0 Å². The maximum Gasteiger partial charge on any atom is 0.270 e. The van der Waals surface area contributed by atoms with Crippen LogP contribution in [-0.4, -0.2) is 15.1 Å². The second kappa shape index (κ2) is 5.14. The quantitative estimate of drug-likeness (QED) is 0.580. The SMILES string of the molecule is Cc1cc([N+](=O)[O-])cc(C)c1Oc1ccc2n[nH]c(C)c2c1. The Kier molecular flexibility index (Phi) is 3.29. The molecule has 1 heterocycles. The minimum atomic E-state index is -0.398. The number of aryl methyl sites for hydroxylation is 3. The molecular formula is C16H15N3O3. The lowest BCUT2D eigenvalue weighted by molar-refractivity contribution is -0.385. The number of aromatic amines is 1. The molecule has 112 valence electrons. The Bertz CT molecular complexity index is 860. The van der Waals surface area contributed by atoms with Crippen molar-refractivity contribution in [3.63, 3.8) is 0 Å². The summed E-state index contributed by atoms with van der Waals surface area (Å²) in [7, 11) is 0. The smallest absolute Gasteiger partial charge is 0.270 e. The molecule has 0 aliphatic rings. The minimum absolute atomic E-state index is 0.0727. The van der Waals surface area contributed by atoms with Gasteiger partial charge in [-0.2, -0.15) is 5.10 Å². The van der Waals surface area contributed by atoms with Gasteiger partial charge in [0, 0.05) is 23.2 Å². The molecule has 0 saturated heterocycles. The van der Waals surface area contributed by atoms with Gasteiger partial charge in [0.15, 0.2) is 0 Å². The van der Waals surface area contributed by atoms with Gasteiger partial charge in [0.25, 0.3) is 5.69 Å². The average molecular weight is 297 g/mol. The summed E-state index contributed by atoms with van der Waals surface area (Å²) in [6.45, 7) is 5.55. The highest BCUT2D eigenvalue weighted by Crippen LogP contribution is 2.33. The Hall–Kier alpha value is -2.89. The number of ether oxygens (including phenoxy) is 1. The van der Waals surface area contributed by atoms with Gasteiger partial charge < -0.3 is 4.74 Å². The van der Waals surface area contributed by atoms with Gasteiger partial charge in [-0.1, -0.05) is 0 Å². The van der Waals surface area contributed by atoms with E-state index in [2.05, 4.69) is 10.2 Å². The van der Waals surface area contributed by atoms with Crippen LogP contribution in [0.4, 0.5) is 5.69 Å². The Morgan fingerprint density at radius 1 is 1.14 bits per heavy atom. The highest BCUT2D eigenvalue weighted by molar-refractivity contribution is 5.82. The van der Waals surface area contributed by atoms with E-state index in [4.69, 9.17) is 4.74 Å². The molecular weight excluding hydrogens is 282 g/mol. The van der Waals surface area contributed by atoms with Crippen molar-refractivity contribution >= 4 is 16.6 Å². The van der Waals surface area contributed by atoms with E-state index in [0.29, 0.717) is 11.5 Å². The van der Waals surface area contributed by atoms with Gasteiger partial charge >= 0.3 is 0 Å². The van der Waals surface area contributed by atoms with Gasteiger partial charge in [0.05, 0.1) is 10.4 Å². The van der Waals surface area contributed by atoms with Gasteiger partial charge in [0.2, 0.25) is 0 Å². The van der Waals surface area contributed by atoms with Crippen molar-refractivity contribution in [2.75, 3.05) is 0 Å². The Balaban J connectivity index is 2.01. The van der Waals surface area contributed by atoms with Crippen LogP contribution < -0.4 is 4.74 Å². The first kappa shape index (κ1) is 14.1. The number of benzene rings is 2. The molecule has 6 nitrogen and oxygen atoms in total. The number of fused-ring (bicyclic) bond motifs is 1. The number of nitrogens with one attached hydrogen (secondary N) is 1. The first-order chi connectivity index (χ1) is 10.5. The molecule has 2 aromatic carbocycles. The highest BCUT2D eigenvalue weighted by atomic mass is 16.6. The summed E-state index contributed by atoms with van der Waals surface area (Å²) in [5, 5.41) is 19.0. The van der Waals surface area contributed by atoms with E-state index in [1.807, 2.05) is 25.1 Å². The molecule has 0 unspecified atom stereocenters. The molecule has 0 bridgehead atoms. The molecule has 0 atom stereocenters. The summed E-state index contributed by atoms with van der Waals surface area (Å²) in [6, 6.07) is 8.66. The number of H-pyrrole nitrogens is 1. The van der Waals surface area contributed by atoms with Crippen LogP contribution >= 0.6 is 0 Å². The third-order valence-electron chi connectivity index (χ3n) is 3.59. The maximum atomic E-state index is 10.9. The average Bonchev–Trinajstić information content (AvgIpc) is 2.84. The molecule has 3 rings (SSSR count). The van der Waals surface area contributed by atoms with Crippen LogP contribution in [0.1, 0.15) is 16.8 Å². The van der Waals surface area contributed by atoms with Crippen molar-refractivity contribution in [1.29, 1.82) is 0 Å². The second-order valence-corrected chi connectivity index (χ2v) is 5.30. The molecule has 0 fully saturated rings. The van der Waals surface area contributed by atoms with Crippen molar-refractivity contribution < 1.29 is 9.66 Å². The molecule has 1 N–H and O–H groups in total. The first-order valence-corrected chi connectivity index (χ1v) is 6.84. The molecule has 0 aliphatic heterocycles. The minimum Gasteiger partial charge on any atom is -0.457 e. The molecule has 3 aromatic rings. The normalized spacial score (nSPS) is 10.9. The summed E-state index contributed by atoms with van der Waals surface area (Å²) in [6.07, 6.45) is 0. The number of non-ortho nitro benzene ring substituents is 1. The summed E-state index contributed by atoms with van der Waals surface area (Å²) in [5.41, 5.74) is 3.38. The molecule has 0 spiro atoms. The predicted molar refractivity (Wildman–Crippen MR) is 83.5 cm³/mol. The van der Waals surface area contributed by atoms with Crippen molar-refractivity contribution in [2.45, 2.75) is 20.8 Å². The molecule has 0 saturated carbocycles. The number of nitro groups is 1. The third-order valence-corrected chi connectivity index (χ3v) is 3.59. The zero-order chi connectivity index (χ0) is 15.9. The number of nitro benzene ring substituents is 1. The number of nitrogens with zero attached hydrogens (tertiary/aromatic N) is 2. The van der Waals surface area contributed by atoms with Gasteiger partial charge in [0.1, 0.15) is 11.5 Å². The summed E-state index contributed by atoms with van der Waals surface area (Å²) >= 11 is 0. The molecule has 0 radical (unpaired) electrons. The lowest BCUT2D eigenvalue weighted by Crippen LogP contribution is -1.95. The van der Waals surface area contributed by atoms with E-state index < -0.39 is 4.92 Å². The number of hydrogen-bond acceptors (Lipinski definition) is 4. The van der Waals surface area contributed by atoms with Crippen molar-refractivity contribution in [2.24, 2.45) is 0 Å². The fourth-order valence-corrected chi connectivity index (χ4v) is 2.49.